The molecule has 2 heterocycles. The predicted molar refractivity (Wildman–Crippen MR) is 115 cm³/mol. The molecule has 0 bridgehead atoms. The Kier molecular flexibility index (Phi) is 6.22. The van der Waals surface area contributed by atoms with E-state index in [0.29, 0.717) is 12.4 Å². The second-order valence-electron chi connectivity index (χ2n) is 7.40. The molecule has 0 atom stereocenters. The van der Waals surface area contributed by atoms with Crippen LogP contribution in [0.5, 0.6) is 0 Å². The Labute approximate surface area is 171 Å². The van der Waals surface area contributed by atoms with Crippen molar-refractivity contribution >= 4 is 5.84 Å². The average molecular weight is 390 g/mol. The highest BCUT2D eigenvalue weighted by atomic mass is 16.6. The van der Waals surface area contributed by atoms with Crippen LogP contribution < -0.4 is 5.73 Å². The summed E-state index contributed by atoms with van der Waals surface area (Å²) in [6.45, 7) is 3.68. The van der Waals surface area contributed by atoms with E-state index >= 15 is 0 Å². The summed E-state index contributed by atoms with van der Waals surface area (Å²) in [6, 6.07) is 18.2. The van der Waals surface area contributed by atoms with Crippen LogP contribution in [0, 0.1) is 0 Å². The number of rotatable bonds is 7. The highest BCUT2D eigenvalue weighted by Gasteiger charge is 2.11. The SMILES string of the molecule is N/C(=N/OCc1ccc(-n2cccn2)cc1)c1cccc(CN2CCCCC2)c1. The molecule has 1 aromatic heterocycles. The zero-order valence-electron chi connectivity index (χ0n) is 16.6. The summed E-state index contributed by atoms with van der Waals surface area (Å²) < 4.78 is 1.82. The van der Waals surface area contributed by atoms with Crippen molar-refractivity contribution in [1.29, 1.82) is 0 Å². The topological polar surface area (TPSA) is 68.7 Å². The summed E-state index contributed by atoms with van der Waals surface area (Å²) in [5, 5.41) is 8.34. The molecule has 1 aliphatic rings. The Hall–Kier alpha value is -3.12. The number of aromatic nitrogens is 2. The van der Waals surface area contributed by atoms with Gasteiger partial charge in [0.05, 0.1) is 5.69 Å². The second kappa shape index (κ2) is 9.39. The Morgan fingerprint density at radius 1 is 1.00 bits per heavy atom. The third-order valence-corrected chi connectivity index (χ3v) is 5.18. The number of nitrogens with two attached hydrogens (primary N) is 1. The smallest absolute Gasteiger partial charge is 0.170 e. The summed E-state index contributed by atoms with van der Waals surface area (Å²) in [5.74, 6) is 0.402. The molecule has 1 saturated heterocycles. The number of likely N-dealkylation sites (tertiary alicyclic amines) is 1. The van der Waals surface area contributed by atoms with E-state index in [1.807, 2.05) is 53.3 Å². The molecule has 3 aromatic rings. The molecule has 0 unspecified atom stereocenters. The highest BCUT2D eigenvalue weighted by molar-refractivity contribution is 5.97. The quantitative estimate of drug-likeness (QED) is 0.380. The van der Waals surface area contributed by atoms with E-state index in [1.54, 1.807) is 6.20 Å². The van der Waals surface area contributed by atoms with Gasteiger partial charge in [-0.05, 0) is 61.3 Å². The van der Waals surface area contributed by atoms with E-state index in [9.17, 15) is 0 Å². The van der Waals surface area contributed by atoms with Crippen molar-refractivity contribution in [1.82, 2.24) is 14.7 Å². The monoisotopic (exact) mass is 389 g/mol. The van der Waals surface area contributed by atoms with Gasteiger partial charge in [0.2, 0.25) is 0 Å². The normalized spacial score (nSPS) is 15.4. The predicted octanol–water partition coefficient (Wildman–Crippen LogP) is 3.70. The number of hydrogen-bond acceptors (Lipinski definition) is 4. The molecule has 0 saturated carbocycles. The van der Waals surface area contributed by atoms with Crippen LogP contribution in [-0.4, -0.2) is 33.6 Å². The molecule has 6 heteroatoms. The summed E-state index contributed by atoms with van der Waals surface area (Å²) >= 11 is 0. The maximum atomic E-state index is 6.15. The van der Waals surface area contributed by atoms with Crippen molar-refractivity contribution in [2.24, 2.45) is 10.9 Å². The van der Waals surface area contributed by atoms with Crippen LogP contribution in [0.2, 0.25) is 0 Å². The van der Waals surface area contributed by atoms with Gasteiger partial charge in [0, 0.05) is 24.5 Å². The number of piperidine rings is 1. The molecule has 4 rings (SSSR count). The fourth-order valence-corrected chi connectivity index (χ4v) is 3.60. The van der Waals surface area contributed by atoms with E-state index in [2.05, 4.69) is 27.3 Å². The van der Waals surface area contributed by atoms with E-state index in [0.717, 1.165) is 23.4 Å². The van der Waals surface area contributed by atoms with Crippen LogP contribution in [0.1, 0.15) is 36.0 Å². The zero-order valence-corrected chi connectivity index (χ0v) is 16.6. The van der Waals surface area contributed by atoms with Crippen molar-refractivity contribution in [2.45, 2.75) is 32.4 Å². The zero-order chi connectivity index (χ0) is 19.9. The molecule has 2 N–H and O–H groups in total. The van der Waals surface area contributed by atoms with Gasteiger partial charge in [0.15, 0.2) is 5.84 Å². The van der Waals surface area contributed by atoms with Crippen LogP contribution in [0.4, 0.5) is 0 Å². The average Bonchev–Trinajstić information content (AvgIpc) is 3.30. The van der Waals surface area contributed by atoms with Gasteiger partial charge in [0.25, 0.3) is 0 Å². The van der Waals surface area contributed by atoms with E-state index in [1.165, 1.54) is 37.9 Å². The Morgan fingerprint density at radius 3 is 2.59 bits per heavy atom. The maximum Gasteiger partial charge on any atom is 0.170 e. The lowest BCUT2D eigenvalue weighted by Crippen LogP contribution is -2.29. The number of benzene rings is 2. The molecule has 0 aliphatic carbocycles. The van der Waals surface area contributed by atoms with Gasteiger partial charge in [-0.1, -0.05) is 41.9 Å². The van der Waals surface area contributed by atoms with Gasteiger partial charge in [-0.25, -0.2) is 4.68 Å². The molecule has 0 spiro atoms. The molecule has 1 fully saturated rings. The maximum absolute atomic E-state index is 6.15. The number of hydrogen-bond donors (Lipinski definition) is 1. The third-order valence-electron chi connectivity index (χ3n) is 5.18. The molecule has 1 aliphatic heterocycles. The molecule has 6 nitrogen and oxygen atoms in total. The molecule has 0 radical (unpaired) electrons. The first-order chi connectivity index (χ1) is 14.3. The lowest BCUT2D eigenvalue weighted by Gasteiger charge is -2.26. The van der Waals surface area contributed by atoms with Gasteiger partial charge in [-0.15, -0.1) is 0 Å². The molecule has 0 amide bonds. The largest absolute Gasteiger partial charge is 0.389 e. The fourth-order valence-electron chi connectivity index (χ4n) is 3.60. The van der Waals surface area contributed by atoms with Crippen molar-refractivity contribution in [3.8, 4) is 5.69 Å². The minimum absolute atomic E-state index is 0.369. The third kappa shape index (κ3) is 5.23. The Balaban J connectivity index is 1.33. The van der Waals surface area contributed by atoms with Crippen molar-refractivity contribution in [3.05, 3.63) is 83.7 Å². The first-order valence-electron chi connectivity index (χ1n) is 10.1. The van der Waals surface area contributed by atoms with Crippen LogP contribution >= 0.6 is 0 Å². The Bertz CT molecular complexity index is 928. The van der Waals surface area contributed by atoms with Crippen molar-refractivity contribution < 1.29 is 4.84 Å². The molecule has 29 heavy (non-hydrogen) atoms. The van der Waals surface area contributed by atoms with E-state index in [4.69, 9.17) is 10.6 Å². The highest BCUT2D eigenvalue weighted by Crippen LogP contribution is 2.14. The number of oxime groups is 1. The lowest BCUT2D eigenvalue weighted by molar-refractivity contribution is 0.130. The van der Waals surface area contributed by atoms with Crippen LogP contribution in [0.25, 0.3) is 5.69 Å². The van der Waals surface area contributed by atoms with E-state index in [-0.39, 0.29) is 0 Å². The van der Waals surface area contributed by atoms with Gasteiger partial charge in [0.1, 0.15) is 6.61 Å². The first-order valence-corrected chi connectivity index (χ1v) is 10.1. The number of nitrogens with zero attached hydrogens (tertiary/aromatic N) is 4. The molecular formula is C23H27N5O. The summed E-state index contributed by atoms with van der Waals surface area (Å²) in [4.78, 5) is 7.99. The number of amidine groups is 1. The van der Waals surface area contributed by atoms with Gasteiger partial charge in [-0.3, -0.25) is 4.90 Å². The molecular weight excluding hydrogens is 362 g/mol. The van der Waals surface area contributed by atoms with E-state index < -0.39 is 0 Å². The lowest BCUT2D eigenvalue weighted by atomic mass is 10.1. The molecule has 150 valence electrons. The first kappa shape index (κ1) is 19.2. The minimum Gasteiger partial charge on any atom is -0.389 e. The summed E-state index contributed by atoms with van der Waals surface area (Å²) in [7, 11) is 0. The fraction of sp³-hybridized carbons (Fsp3) is 0.304. The van der Waals surface area contributed by atoms with Gasteiger partial charge < -0.3 is 10.6 Å². The van der Waals surface area contributed by atoms with Crippen LogP contribution in [0.3, 0.4) is 0 Å². The van der Waals surface area contributed by atoms with Gasteiger partial charge >= 0.3 is 0 Å². The van der Waals surface area contributed by atoms with Crippen molar-refractivity contribution in [3.63, 3.8) is 0 Å². The minimum atomic E-state index is 0.369. The Morgan fingerprint density at radius 2 is 1.83 bits per heavy atom. The van der Waals surface area contributed by atoms with Crippen LogP contribution in [-0.2, 0) is 18.0 Å². The standard InChI is InChI=1S/C23H27N5O/c24-23(21-7-4-6-20(16-21)17-27-13-2-1-3-14-27)26-29-18-19-8-10-22(11-9-19)28-15-5-12-25-28/h4-12,15-16H,1-3,13-14,17-18H2,(H2,24,26). The summed E-state index contributed by atoms with van der Waals surface area (Å²) in [5.41, 5.74) is 10.3. The molecule has 2 aromatic carbocycles. The van der Waals surface area contributed by atoms with Crippen LogP contribution in [0.15, 0.2) is 72.1 Å². The summed E-state index contributed by atoms with van der Waals surface area (Å²) in [6.07, 6.45) is 7.60. The van der Waals surface area contributed by atoms with Crippen molar-refractivity contribution in [2.75, 3.05) is 13.1 Å². The van der Waals surface area contributed by atoms with Gasteiger partial charge in [-0.2, -0.15) is 5.10 Å². The second-order valence-corrected chi connectivity index (χ2v) is 7.40.